The number of nitrogens with two attached hydrogens (primary N) is 1. The Morgan fingerprint density at radius 3 is 2.42 bits per heavy atom. The van der Waals surface area contributed by atoms with Gasteiger partial charge >= 0.3 is 0 Å². The summed E-state index contributed by atoms with van der Waals surface area (Å²) in [6.45, 7) is 10.1. The molecule has 10 heteroatoms. The first kappa shape index (κ1) is 29.9. The average Bonchev–Trinajstić information content (AvgIpc) is 3.02. The van der Waals surface area contributed by atoms with Gasteiger partial charge in [-0.15, -0.1) is 0 Å². The fourth-order valence-electron chi connectivity index (χ4n) is 4.98. The van der Waals surface area contributed by atoms with Crippen molar-refractivity contribution in [3.63, 3.8) is 0 Å². The van der Waals surface area contributed by atoms with Crippen molar-refractivity contribution >= 4 is 34.8 Å². The molecule has 1 aromatic carbocycles. The monoisotopic (exact) mass is 581 g/mol. The van der Waals surface area contributed by atoms with Gasteiger partial charge in [0.15, 0.2) is 0 Å². The number of amides is 2. The smallest absolute Gasteiger partial charge is 0.248 e. The second-order valence-corrected chi connectivity index (χ2v) is 11.3. The van der Waals surface area contributed by atoms with Crippen LogP contribution in [0.3, 0.4) is 0 Å². The third kappa shape index (κ3) is 7.84. The Morgan fingerprint density at radius 2 is 1.77 bits per heavy atom. The summed E-state index contributed by atoms with van der Waals surface area (Å²) in [6.07, 6.45) is 8.19. The Hall–Kier alpha value is -4.57. The minimum Gasteiger partial charge on any atom is -0.378 e. The number of hydrogen-bond donors (Lipinski definition) is 2. The van der Waals surface area contributed by atoms with E-state index in [1.54, 1.807) is 18.5 Å². The van der Waals surface area contributed by atoms with Gasteiger partial charge in [0.2, 0.25) is 17.8 Å². The summed E-state index contributed by atoms with van der Waals surface area (Å²) in [5.41, 5.74) is 12.2. The number of nitrogens with one attached hydrogen (secondary N) is 1. The molecule has 2 aliphatic rings. The molecule has 0 bridgehead atoms. The molecule has 0 saturated carbocycles. The second-order valence-electron chi connectivity index (χ2n) is 11.3. The first-order valence-electron chi connectivity index (χ1n) is 14.7. The van der Waals surface area contributed by atoms with Gasteiger partial charge in [0.25, 0.3) is 0 Å². The number of carbonyl (C=O) groups is 2. The third-order valence-electron chi connectivity index (χ3n) is 7.89. The highest BCUT2D eigenvalue weighted by Crippen LogP contribution is 2.30. The molecule has 0 spiro atoms. The van der Waals surface area contributed by atoms with Crippen LogP contribution in [0.4, 0.5) is 17.5 Å². The third-order valence-corrected chi connectivity index (χ3v) is 7.89. The van der Waals surface area contributed by atoms with Crippen LogP contribution in [0.5, 0.6) is 0 Å². The van der Waals surface area contributed by atoms with Crippen molar-refractivity contribution in [2.75, 3.05) is 55.3 Å². The Labute approximate surface area is 252 Å². The van der Waals surface area contributed by atoms with Gasteiger partial charge in [0, 0.05) is 55.9 Å². The number of ether oxygens (including phenoxy) is 1. The van der Waals surface area contributed by atoms with Gasteiger partial charge in [-0.25, -0.2) is 15.0 Å². The number of hydrogen-bond acceptors (Lipinski definition) is 8. The molecular weight excluding hydrogens is 542 g/mol. The number of anilines is 3. The molecule has 3 N–H and O–H groups in total. The molecule has 0 unspecified atom stereocenters. The number of pyridine rings is 1. The highest BCUT2D eigenvalue weighted by atomic mass is 16.5. The summed E-state index contributed by atoms with van der Waals surface area (Å²) in [4.78, 5) is 42.7. The fraction of sp³-hybridized carbons (Fsp3) is 0.364. The molecule has 0 radical (unpaired) electrons. The maximum Gasteiger partial charge on any atom is 0.248 e. The maximum absolute atomic E-state index is 13.2. The zero-order chi connectivity index (χ0) is 30.3. The van der Waals surface area contributed by atoms with Crippen LogP contribution in [0.25, 0.3) is 16.8 Å². The molecule has 1 saturated heterocycles. The van der Waals surface area contributed by atoms with Crippen LogP contribution < -0.4 is 16.0 Å². The predicted octanol–water partition coefficient (Wildman–Crippen LogP) is 4.36. The zero-order valence-electron chi connectivity index (χ0n) is 25.0. The number of morpholine rings is 1. The SMILES string of the molecule is C/C(=C/C(=O)Nc1ccc(CC(=O)N2CC=C(c3cc(-c4cnc(N)nc4)nc(N4CCOCC4)c3)CC2)cc1)C(C)C. The molecule has 5 rings (SSSR count). The average molecular weight is 582 g/mol. The van der Waals surface area contributed by atoms with Crippen molar-refractivity contribution < 1.29 is 14.3 Å². The van der Waals surface area contributed by atoms with Crippen LogP contribution in [0.2, 0.25) is 0 Å². The molecule has 3 aromatic rings. The summed E-state index contributed by atoms with van der Waals surface area (Å²) < 4.78 is 5.54. The van der Waals surface area contributed by atoms with Gasteiger partial charge in [-0.05, 0) is 60.2 Å². The Morgan fingerprint density at radius 1 is 1.05 bits per heavy atom. The van der Waals surface area contributed by atoms with E-state index in [1.165, 1.54) is 5.57 Å². The van der Waals surface area contributed by atoms with E-state index in [0.717, 1.165) is 53.3 Å². The quantitative estimate of drug-likeness (QED) is 0.376. The summed E-state index contributed by atoms with van der Waals surface area (Å²) >= 11 is 0. The summed E-state index contributed by atoms with van der Waals surface area (Å²) in [6, 6.07) is 11.6. The van der Waals surface area contributed by atoms with Gasteiger partial charge in [-0.3, -0.25) is 9.59 Å². The van der Waals surface area contributed by atoms with Crippen LogP contribution in [0.1, 0.15) is 38.3 Å². The van der Waals surface area contributed by atoms with Crippen molar-refractivity contribution in [2.45, 2.75) is 33.6 Å². The molecule has 4 heterocycles. The van der Waals surface area contributed by atoms with Crippen LogP contribution in [0.15, 0.2) is 66.5 Å². The van der Waals surface area contributed by atoms with Crippen molar-refractivity contribution in [1.29, 1.82) is 0 Å². The summed E-state index contributed by atoms with van der Waals surface area (Å²) in [7, 11) is 0. The van der Waals surface area contributed by atoms with Crippen molar-refractivity contribution in [1.82, 2.24) is 19.9 Å². The summed E-state index contributed by atoms with van der Waals surface area (Å²) in [5.74, 6) is 1.36. The Balaban J connectivity index is 1.25. The normalized spacial score (nSPS) is 15.8. The highest BCUT2D eigenvalue weighted by Gasteiger charge is 2.21. The molecule has 2 aliphatic heterocycles. The lowest BCUT2D eigenvalue weighted by Gasteiger charge is -2.30. The number of benzene rings is 1. The highest BCUT2D eigenvalue weighted by molar-refractivity contribution is 5.99. The first-order chi connectivity index (χ1) is 20.7. The van der Waals surface area contributed by atoms with E-state index in [1.807, 2.05) is 36.1 Å². The van der Waals surface area contributed by atoms with E-state index in [-0.39, 0.29) is 17.8 Å². The van der Waals surface area contributed by atoms with E-state index in [0.29, 0.717) is 44.3 Å². The standard InChI is InChI=1S/C33H39N7O3/c1-22(2)23(3)16-31(41)37-28-6-4-24(5-7-28)17-32(42)40-10-8-25(9-11-40)26-18-29(27-20-35-33(34)36-21-27)38-30(19-26)39-12-14-43-15-13-39/h4-8,16,18-22H,9-15,17H2,1-3H3,(H,37,41)(H2,34,35,36)/b23-16-. The Kier molecular flexibility index (Phi) is 9.46. The number of rotatable bonds is 8. The number of carbonyl (C=O) groups excluding carboxylic acids is 2. The lowest BCUT2D eigenvalue weighted by Crippen LogP contribution is -2.37. The second kappa shape index (κ2) is 13.6. The van der Waals surface area contributed by atoms with Crippen LogP contribution >= 0.6 is 0 Å². The van der Waals surface area contributed by atoms with Crippen LogP contribution in [0, 0.1) is 5.92 Å². The summed E-state index contributed by atoms with van der Waals surface area (Å²) in [5, 5.41) is 2.89. The van der Waals surface area contributed by atoms with E-state index in [4.69, 9.17) is 15.5 Å². The fourth-order valence-corrected chi connectivity index (χ4v) is 4.98. The lowest BCUT2D eigenvalue weighted by molar-refractivity contribution is -0.130. The molecule has 0 atom stereocenters. The molecule has 10 nitrogen and oxygen atoms in total. The van der Waals surface area contributed by atoms with Gasteiger partial charge in [-0.1, -0.05) is 37.6 Å². The minimum atomic E-state index is -0.147. The van der Waals surface area contributed by atoms with Crippen molar-refractivity contribution in [2.24, 2.45) is 5.92 Å². The van der Waals surface area contributed by atoms with E-state index < -0.39 is 0 Å². The maximum atomic E-state index is 13.2. The van der Waals surface area contributed by atoms with Crippen molar-refractivity contribution in [3.8, 4) is 11.3 Å². The predicted molar refractivity (Wildman–Crippen MR) is 169 cm³/mol. The number of aromatic nitrogens is 3. The number of nitrogens with zero attached hydrogens (tertiary/aromatic N) is 5. The first-order valence-corrected chi connectivity index (χ1v) is 14.7. The zero-order valence-corrected chi connectivity index (χ0v) is 25.0. The minimum absolute atomic E-state index is 0.0750. The molecule has 0 aliphatic carbocycles. The molecule has 224 valence electrons. The number of allylic oxidation sites excluding steroid dienone is 1. The van der Waals surface area contributed by atoms with Gasteiger partial charge in [-0.2, -0.15) is 0 Å². The van der Waals surface area contributed by atoms with E-state index >= 15 is 0 Å². The van der Waals surface area contributed by atoms with E-state index in [9.17, 15) is 9.59 Å². The van der Waals surface area contributed by atoms with E-state index in [2.05, 4.69) is 52.2 Å². The molecular formula is C33H39N7O3. The van der Waals surface area contributed by atoms with Gasteiger partial charge in [0.1, 0.15) is 5.82 Å². The van der Waals surface area contributed by atoms with Gasteiger partial charge < -0.3 is 25.6 Å². The van der Waals surface area contributed by atoms with Crippen LogP contribution in [-0.4, -0.2) is 71.1 Å². The number of nitrogen functional groups attached to an aromatic ring is 1. The molecule has 2 amide bonds. The molecule has 43 heavy (non-hydrogen) atoms. The lowest BCUT2D eigenvalue weighted by atomic mass is 9.98. The Bertz CT molecular complexity index is 1510. The van der Waals surface area contributed by atoms with Gasteiger partial charge in [0.05, 0.1) is 25.3 Å². The van der Waals surface area contributed by atoms with Crippen molar-refractivity contribution in [3.05, 3.63) is 77.6 Å². The largest absolute Gasteiger partial charge is 0.378 e. The molecule has 1 fully saturated rings. The van der Waals surface area contributed by atoms with Crippen LogP contribution in [-0.2, 0) is 20.7 Å². The molecule has 2 aromatic heterocycles. The topological polar surface area (TPSA) is 127 Å².